The van der Waals surface area contributed by atoms with E-state index in [9.17, 15) is 0 Å². The monoisotopic (exact) mass is 288 g/mol. The molecule has 3 unspecified atom stereocenters. The zero-order valence-corrected chi connectivity index (χ0v) is 13.7. The smallest absolute Gasteiger partial charge is 0.177 e. The Labute approximate surface area is 117 Å². The average Bonchev–Trinajstić information content (AvgIpc) is 2.73. The van der Waals surface area contributed by atoms with Gasteiger partial charge in [0.1, 0.15) is 6.10 Å². The van der Waals surface area contributed by atoms with Crippen LogP contribution < -0.4 is 0 Å². The van der Waals surface area contributed by atoms with E-state index in [1.807, 2.05) is 19.1 Å². The SMILES string of the molecule is C=C(CCC(Cl)C1COC(/C=C/C)O1)[Si](C)(C)C. The quantitative estimate of drug-likeness (QED) is 0.416. The van der Waals surface area contributed by atoms with Crippen molar-refractivity contribution in [3.05, 3.63) is 23.9 Å². The molecule has 1 saturated heterocycles. The lowest BCUT2D eigenvalue weighted by molar-refractivity contribution is -0.0204. The summed E-state index contributed by atoms with van der Waals surface area (Å²) in [6.07, 6.45) is 5.54. The third kappa shape index (κ3) is 4.88. The lowest BCUT2D eigenvalue weighted by Gasteiger charge is -2.22. The Balaban J connectivity index is 2.34. The number of halogens is 1. The molecule has 0 radical (unpaired) electrons. The number of hydrogen-bond donors (Lipinski definition) is 0. The Kier molecular flexibility index (Phi) is 6.12. The van der Waals surface area contributed by atoms with Gasteiger partial charge in [0.2, 0.25) is 0 Å². The number of allylic oxidation sites excluding steroid dienone is 2. The van der Waals surface area contributed by atoms with Crippen molar-refractivity contribution in [2.24, 2.45) is 0 Å². The second-order valence-electron chi connectivity index (χ2n) is 5.81. The van der Waals surface area contributed by atoms with Crippen LogP contribution in [0.4, 0.5) is 0 Å². The molecule has 0 saturated carbocycles. The van der Waals surface area contributed by atoms with Gasteiger partial charge < -0.3 is 9.47 Å². The summed E-state index contributed by atoms with van der Waals surface area (Å²) in [5.74, 6) is 0. The van der Waals surface area contributed by atoms with E-state index in [4.69, 9.17) is 21.1 Å². The van der Waals surface area contributed by atoms with Gasteiger partial charge in [-0.2, -0.15) is 0 Å². The molecule has 1 aliphatic rings. The van der Waals surface area contributed by atoms with Gasteiger partial charge in [0.25, 0.3) is 0 Å². The van der Waals surface area contributed by atoms with Crippen molar-refractivity contribution < 1.29 is 9.47 Å². The van der Waals surface area contributed by atoms with Gasteiger partial charge in [-0.3, -0.25) is 0 Å². The second-order valence-corrected chi connectivity index (χ2v) is 11.6. The fourth-order valence-corrected chi connectivity index (χ4v) is 2.90. The van der Waals surface area contributed by atoms with E-state index in [1.54, 1.807) is 0 Å². The Morgan fingerprint density at radius 1 is 1.50 bits per heavy atom. The lowest BCUT2D eigenvalue weighted by atomic mass is 10.1. The van der Waals surface area contributed by atoms with Crippen LogP contribution in [0, 0.1) is 0 Å². The minimum Gasteiger partial charge on any atom is -0.346 e. The summed E-state index contributed by atoms with van der Waals surface area (Å²) >= 11 is 6.39. The summed E-state index contributed by atoms with van der Waals surface area (Å²) in [5.41, 5.74) is 0. The highest BCUT2D eigenvalue weighted by Crippen LogP contribution is 2.25. The molecule has 104 valence electrons. The molecule has 0 aromatic rings. The summed E-state index contributed by atoms with van der Waals surface area (Å²) in [4.78, 5) is 0. The van der Waals surface area contributed by atoms with E-state index >= 15 is 0 Å². The molecule has 0 N–H and O–H groups in total. The maximum atomic E-state index is 6.39. The minimum atomic E-state index is -1.23. The molecule has 4 heteroatoms. The third-order valence-corrected chi connectivity index (χ3v) is 6.14. The predicted octanol–water partition coefficient (Wildman–Crippen LogP) is 4.13. The summed E-state index contributed by atoms with van der Waals surface area (Å²) < 4.78 is 11.2. The first-order chi connectivity index (χ1) is 8.34. The topological polar surface area (TPSA) is 18.5 Å². The zero-order valence-electron chi connectivity index (χ0n) is 11.9. The standard InChI is InChI=1S/C14H25ClO2Si/c1-6-7-14-16-10-13(17-14)12(15)9-8-11(2)18(3,4)5/h6-7,12-14H,2,8-10H2,1,3-5H3/b7-6+. The van der Waals surface area contributed by atoms with Crippen LogP contribution >= 0.6 is 11.6 Å². The highest BCUT2D eigenvalue weighted by atomic mass is 35.5. The van der Waals surface area contributed by atoms with Crippen molar-refractivity contribution in [3.8, 4) is 0 Å². The largest absolute Gasteiger partial charge is 0.346 e. The first-order valence-corrected chi connectivity index (χ1v) is 10.5. The Hall–Kier alpha value is -0.0931. The molecule has 1 aliphatic heterocycles. The van der Waals surface area contributed by atoms with Crippen molar-refractivity contribution in [1.82, 2.24) is 0 Å². The van der Waals surface area contributed by atoms with Crippen molar-refractivity contribution in [2.75, 3.05) is 6.61 Å². The van der Waals surface area contributed by atoms with Crippen LogP contribution in [-0.4, -0.2) is 32.5 Å². The molecule has 2 nitrogen and oxygen atoms in total. The van der Waals surface area contributed by atoms with Gasteiger partial charge >= 0.3 is 0 Å². The Morgan fingerprint density at radius 3 is 2.72 bits per heavy atom. The van der Waals surface area contributed by atoms with Crippen LogP contribution in [0.25, 0.3) is 0 Å². The van der Waals surface area contributed by atoms with Gasteiger partial charge in [0, 0.05) is 0 Å². The van der Waals surface area contributed by atoms with Crippen LogP contribution in [0.5, 0.6) is 0 Å². The molecule has 0 amide bonds. The highest BCUT2D eigenvalue weighted by molar-refractivity contribution is 6.82. The molecule has 1 rings (SSSR count). The van der Waals surface area contributed by atoms with E-state index in [-0.39, 0.29) is 17.8 Å². The van der Waals surface area contributed by atoms with Crippen molar-refractivity contribution in [3.63, 3.8) is 0 Å². The Morgan fingerprint density at radius 2 is 2.17 bits per heavy atom. The van der Waals surface area contributed by atoms with Gasteiger partial charge in [0.05, 0.1) is 20.1 Å². The highest BCUT2D eigenvalue weighted by Gasteiger charge is 2.30. The van der Waals surface area contributed by atoms with Crippen molar-refractivity contribution in [2.45, 2.75) is 57.2 Å². The maximum Gasteiger partial charge on any atom is 0.177 e. The van der Waals surface area contributed by atoms with Gasteiger partial charge in [0.15, 0.2) is 6.29 Å². The number of rotatable bonds is 6. The fraction of sp³-hybridized carbons (Fsp3) is 0.714. The molecule has 0 spiro atoms. The van der Waals surface area contributed by atoms with Crippen LogP contribution in [0.2, 0.25) is 19.6 Å². The van der Waals surface area contributed by atoms with E-state index < -0.39 is 8.07 Å². The summed E-state index contributed by atoms with van der Waals surface area (Å²) in [6.45, 7) is 13.7. The molecule has 0 bridgehead atoms. The fourth-order valence-electron chi connectivity index (χ4n) is 1.76. The first-order valence-electron chi connectivity index (χ1n) is 6.56. The van der Waals surface area contributed by atoms with Crippen molar-refractivity contribution in [1.29, 1.82) is 0 Å². The van der Waals surface area contributed by atoms with Crippen molar-refractivity contribution >= 4 is 19.7 Å². The maximum absolute atomic E-state index is 6.39. The van der Waals surface area contributed by atoms with E-state index in [0.29, 0.717) is 6.61 Å². The summed E-state index contributed by atoms with van der Waals surface area (Å²) in [7, 11) is -1.23. The number of alkyl halides is 1. The molecule has 1 fully saturated rings. The molecule has 3 atom stereocenters. The normalized spacial score (nSPS) is 26.7. The van der Waals surface area contributed by atoms with Crippen LogP contribution in [0.15, 0.2) is 23.9 Å². The van der Waals surface area contributed by atoms with Crippen LogP contribution in [0.1, 0.15) is 19.8 Å². The minimum absolute atomic E-state index is 0.00213. The van der Waals surface area contributed by atoms with Crippen LogP contribution in [-0.2, 0) is 9.47 Å². The molecule has 18 heavy (non-hydrogen) atoms. The predicted molar refractivity (Wildman–Crippen MR) is 80.8 cm³/mol. The summed E-state index contributed by atoms with van der Waals surface area (Å²) in [6, 6.07) is 0. The zero-order chi connectivity index (χ0) is 13.8. The van der Waals surface area contributed by atoms with E-state index in [0.717, 1.165) is 12.8 Å². The second kappa shape index (κ2) is 6.90. The molecule has 0 aromatic carbocycles. The number of hydrogen-bond acceptors (Lipinski definition) is 2. The van der Waals surface area contributed by atoms with Gasteiger partial charge in [-0.25, -0.2) is 0 Å². The number of ether oxygens (including phenoxy) is 2. The van der Waals surface area contributed by atoms with Gasteiger partial charge in [-0.15, -0.1) is 18.2 Å². The van der Waals surface area contributed by atoms with Crippen LogP contribution in [0.3, 0.4) is 0 Å². The van der Waals surface area contributed by atoms with Gasteiger partial charge in [-0.05, 0) is 25.8 Å². The molecular weight excluding hydrogens is 264 g/mol. The molecule has 0 aromatic heterocycles. The molecule has 1 heterocycles. The summed E-state index contributed by atoms with van der Waals surface area (Å²) in [5, 5.41) is 1.38. The third-order valence-electron chi connectivity index (χ3n) is 3.27. The molecule has 0 aliphatic carbocycles. The van der Waals surface area contributed by atoms with E-state index in [1.165, 1.54) is 5.20 Å². The van der Waals surface area contributed by atoms with E-state index in [2.05, 4.69) is 26.2 Å². The van der Waals surface area contributed by atoms with Gasteiger partial charge in [-0.1, -0.05) is 30.9 Å². The lowest BCUT2D eigenvalue weighted by Crippen LogP contribution is -2.27. The molecular formula is C14H25ClO2Si. The Bertz CT molecular complexity index is 309. The first kappa shape index (κ1) is 16.0. The average molecular weight is 289 g/mol.